The number of hydrogen-bond acceptors (Lipinski definition) is 5. The van der Waals surface area contributed by atoms with E-state index in [2.05, 4.69) is 154 Å². The van der Waals surface area contributed by atoms with Crippen LogP contribution in [-0.4, -0.2) is 37.9 Å². The lowest BCUT2D eigenvalue weighted by atomic mass is 10.1. The summed E-state index contributed by atoms with van der Waals surface area (Å²) in [6.45, 7) is 7.18. The van der Waals surface area contributed by atoms with Crippen LogP contribution in [0.2, 0.25) is 0 Å². The van der Waals surface area contributed by atoms with Crippen LogP contribution in [0.1, 0.15) is 162 Å². The maximum Gasteiger partial charge on any atom is 0.309 e. The second-order valence-corrected chi connectivity index (χ2v) is 14.5. The molecule has 0 N–H and O–H groups in total. The molecule has 5 nitrogen and oxygen atoms in total. The van der Waals surface area contributed by atoms with Gasteiger partial charge in [-0.1, -0.05) is 186 Å². The molecule has 0 spiro atoms. The molecular formula is C55H84O5. The Kier molecular flexibility index (Phi) is 45.7. The molecule has 0 aliphatic rings. The number of esters is 2. The molecule has 1 unspecified atom stereocenters. The molecule has 1 atom stereocenters. The molecule has 0 aromatic heterocycles. The first-order valence-electron chi connectivity index (χ1n) is 23.4. The minimum absolute atomic E-state index is 0.00857. The molecule has 334 valence electrons. The summed E-state index contributed by atoms with van der Waals surface area (Å²) in [6.07, 6.45) is 71.7. The average molecular weight is 825 g/mol. The lowest BCUT2D eigenvalue weighted by Crippen LogP contribution is -2.30. The second kappa shape index (κ2) is 49.1. The monoisotopic (exact) mass is 825 g/mol. The van der Waals surface area contributed by atoms with E-state index in [0.717, 1.165) is 128 Å². The van der Waals surface area contributed by atoms with E-state index in [-0.39, 0.29) is 31.6 Å². The molecule has 0 radical (unpaired) electrons. The van der Waals surface area contributed by atoms with Crippen molar-refractivity contribution in [2.24, 2.45) is 0 Å². The molecule has 0 rings (SSSR count). The molecule has 0 aliphatic heterocycles. The highest BCUT2D eigenvalue weighted by Gasteiger charge is 2.17. The zero-order chi connectivity index (χ0) is 43.5. The van der Waals surface area contributed by atoms with E-state index in [1.807, 2.05) is 12.2 Å². The van der Waals surface area contributed by atoms with Gasteiger partial charge in [-0.05, 0) is 109 Å². The summed E-state index contributed by atoms with van der Waals surface area (Å²) in [6, 6.07) is 0. The molecule has 0 amide bonds. The van der Waals surface area contributed by atoms with Crippen LogP contribution >= 0.6 is 0 Å². The van der Waals surface area contributed by atoms with Crippen molar-refractivity contribution in [3.63, 3.8) is 0 Å². The van der Waals surface area contributed by atoms with Gasteiger partial charge in [0.1, 0.15) is 6.61 Å². The van der Waals surface area contributed by atoms with Crippen molar-refractivity contribution in [2.45, 2.75) is 168 Å². The summed E-state index contributed by atoms with van der Waals surface area (Å²) in [5, 5.41) is 0. The van der Waals surface area contributed by atoms with Gasteiger partial charge in [0.15, 0.2) is 6.10 Å². The Morgan fingerprint density at radius 2 is 0.750 bits per heavy atom. The van der Waals surface area contributed by atoms with E-state index < -0.39 is 6.10 Å². The SMILES string of the molecule is CC/C=C\C/C=C\C/C=C\C/C=C\C/C=C\CC(=O)OCC(COCCC/C=C\C/C=C\C/C=C\C/C=C\CC)OC(=O)CCCCCCC/C=C\C/C=C\C/C=C\CC. The lowest BCUT2D eigenvalue weighted by Gasteiger charge is -2.18. The van der Waals surface area contributed by atoms with Crippen LogP contribution in [-0.2, 0) is 23.8 Å². The van der Waals surface area contributed by atoms with Crippen LogP contribution in [0.4, 0.5) is 0 Å². The van der Waals surface area contributed by atoms with Crippen LogP contribution in [0.3, 0.4) is 0 Å². The van der Waals surface area contributed by atoms with Gasteiger partial charge >= 0.3 is 11.9 Å². The number of rotatable bonds is 40. The first kappa shape index (κ1) is 55.8. The quantitative estimate of drug-likeness (QED) is 0.0350. The van der Waals surface area contributed by atoms with Crippen molar-refractivity contribution in [1.82, 2.24) is 0 Å². The topological polar surface area (TPSA) is 61.8 Å². The zero-order valence-electron chi connectivity index (χ0n) is 38.2. The molecule has 0 saturated heterocycles. The summed E-state index contributed by atoms with van der Waals surface area (Å²) < 4.78 is 17.1. The van der Waals surface area contributed by atoms with Crippen molar-refractivity contribution in [3.05, 3.63) is 146 Å². The number of unbranched alkanes of at least 4 members (excludes halogenated alkanes) is 6. The van der Waals surface area contributed by atoms with E-state index in [0.29, 0.717) is 13.0 Å². The normalized spacial score (nSPS) is 13.6. The van der Waals surface area contributed by atoms with Crippen LogP contribution in [0.15, 0.2) is 146 Å². The number of hydrogen-bond donors (Lipinski definition) is 0. The fourth-order valence-corrected chi connectivity index (χ4v) is 5.54. The number of ether oxygens (including phenoxy) is 3. The van der Waals surface area contributed by atoms with Crippen molar-refractivity contribution in [1.29, 1.82) is 0 Å². The summed E-state index contributed by atoms with van der Waals surface area (Å²) in [7, 11) is 0. The third-order valence-corrected chi connectivity index (χ3v) is 8.88. The van der Waals surface area contributed by atoms with E-state index in [1.165, 1.54) is 0 Å². The largest absolute Gasteiger partial charge is 0.461 e. The fourth-order valence-electron chi connectivity index (χ4n) is 5.54. The Balaban J connectivity index is 4.55. The predicted octanol–water partition coefficient (Wildman–Crippen LogP) is 15.8. The molecular weight excluding hydrogens is 741 g/mol. The third-order valence-electron chi connectivity index (χ3n) is 8.88. The van der Waals surface area contributed by atoms with Crippen molar-refractivity contribution in [3.8, 4) is 0 Å². The molecule has 0 aliphatic carbocycles. The Morgan fingerprint density at radius 1 is 0.383 bits per heavy atom. The summed E-state index contributed by atoms with van der Waals surface area (Å²) in [5.74, 6) is -0.610. The van der Waals surface area contributed by atoms with Gasteiger partial charge in [0.25, 0.3) is 0 Å². The third kappa shape index (κ3) is 46.5. The smallest absolute Gasteiger partial charge is 0.309 e. The molecule has 60 heavy (non-hydrogen) atoms. The zero-order valence-corrected chi connectivity index (χ0v) is 38.2. The highest BCUT2D eigenvalue weighted by molar-refractivity contribution is 5.71. The van der Waals surface area contributed by atoms with E-state index >= 15 is 0 Å². The van der Waals surface area contributed by atoms with Crippen molar-refractivity contribution >= 4 is 11.9 Å². The van der Waals surface area contributed by atoms with Crippen LogP contribution in [0.25, 0.3) is 0 Å². The van der Waals surface area contributed by atoms with Crippen molar-refractivity contribution in [2.75, 3.05) is 19.8 Å². The Labute approximate surface area is 368 Å². The summed E-state index contributed by atoms with van der Waals surface area (Å²) in [5.41, 5.74) is 0. The minimum Gasteiger partial charge on any atom is -0.461 e. The number of carbonyl (C=O) groups excluding carboxylic acids is 2. The predicted molar refractivity (Wildman–Crippen MR) is 260 cm³/mol. The number of allylic oxidation sites excluding steroid dienone is 23. The van der Waals surface area contributed by atoms with Gasteiger partial charge in [0.05, 0.1) is 13.0 Å². The standard InChI is InChI=1S/C55H84O5/c1-4-7-10-13-16-19-22-25-28-30-33-36-39-42-45-48-54(56)59-52-53(51-58-50-47-44-41-38-35-32-27-24-21-18-15-12-9-6-3)60-55(57)49-46-43-40-37-34-31-29-26-23-20-17-14-11-8-5-2/h7-12,16-21,25-29,32-33,36,38,41-42,45,53H,4-6,13-15,22-24,30-31,34-35,37,39-40,43-44,46-52H2,1-3H3/b10-7-,11-8-,12-9-,19-16-,20-17-,21-18-,28-25-,29-26-,32-27-,36-33-,41-38-,45-42-. The summed E-state index contributed by atoms with van der Waals surface area (Å²) in [4.78, 5) is 25.2. The van der Waals surface area contributed by atoms with Gasteiger partial charge in [-0.15, -0.1) is 0 Å². The van der Waals surface area contributed by atoms with Gasteiger partial charge in [-0.25, -0.2) is 0 Å². The molecule has 0 heterocycles. The molecule has 0 aromatic rings. The second-order valence-electron chi connectivity index (χ2n) is 14.5. The first-order chi connectivity index (χ1) is 29.6. The lowest BCUT2D eigenvalue weighted by molar-refractivity contribution is -0.162. The van der Waals surface area contributed by atoms with Gasteiger partial charge in [0.2, 0.25) is 0 Å². The van der Waals surface area contributed by atoms with Crippen LogP contribution in [0.5, 0.6) is 0 Å². The first-order valence-corrected chi connectivity index (χ1v) is 23.4. The van der Waals surface area contributed by atoms with Crippen molar-refractivity contribution < 1.29 is 23.8 Å². The minimum atomic E-state index is -0.623. The van der Waals surface area contributed by atoms with E-state index in [1.54, 1.807) is 0 Å². The molecule has 0 aromatic carbocycles. The fraction of sp³-hybridized carbons (Fsp3) is 0.527. The Morgan fingerprint density at radius 3 is 1.20 bits per heavy atom. The van der Waals surface area contributed by atoms with Gasteiger partial charge < -0.3 is 14.2 Å². The average Bonchev–Trinajstić information content (AvgIpc) is 3.25. The molecule has 5 heteroatoms. The molecule has 0 bridgehead atoms. The Hall–Kier alpha value is -4.22. The van der Waals surface area contributed by atoms with Gasteiger partial charge in [-0.3, -0.25) is 9.59 Å². The summed E-state index contributed by atoms with van der Waals surface area (Å²) >= 11 is 0. The van der Waals surface area contributed by atoms with Crippen LogP contribution in [0, 0.1) is 0 Å². The molecule has 0 fully saturated rings. The maximum absolute atomic E-state index is 12.7. The van der Waals surface area contributed by atoms with E-state index in [9.17, 15) is 9.59 Å². The van der Waals surface area contributed by atoms with E-state index in [4.69, 9.17) is 14.2 Å². The Bertz CT molecular complexity index is 1350. The maximum atomic E-state index is 12.7. The van der Waals surface area contributed by atoms with Gasteiger partial charge in [-0.2, -0.15) is 0 Å². The van der Waals surface area contributed by atoms with Gasteiger partial charge in [0, 0.05) is 13.0 Å². The highest BCUT2D eigenvalue weighted by Crippen LogP contribution is 2.10. The highest BCUT2D eigenvalue weighted by atomic mass is 16.6. The molecule has 0 saturated carbocycles. The van der Waals surface area contributed by atoms with Crippen LogP contribution < -0.4 is 0 Å². The number of carbonyl (C=O) groups is 2.